The largest absolute Gasteiger partial charge is 0.481 e. The number of carboxylic acids is 1. The normalized spacial score (nSPS) is 19.5. The third-order valence-corrected chi connectivity index (χ3v) is 6.74. The molecule has 0 saturated carbocycles. The molecule has 6 heteroatoms. The van der Waals surface area contributed by atoms with Crippen molar-refractivity contribution in [2.45, 2.75) is 11.8 Å². The van der Waals surface area contributed by atoms with Crippen LogP contribution >= 0.6 is 11.6 Å². The van der Waals surface area contributed by atoms with E-state index in [0.29, 0.717) is 5.02 Å². The van der Waals surface area contributed by atoms with E-state index in [-0.39, 0.29) is 31.5 Å². The molecule has 1 aliphatic heterocycles. The van der Waals surface area contributed by atoms with Gasteiger partial charge in [-0.05, 0) is 39.9 Å². The fourth-order valence-corrected chi connectivity index (χ4v) is 5.16. The highest BCUT2D eigenvalue weighted by atomic mass is 35.5. The van der Waals surface area contributed by atoms with Gasteiger partial charge in [0, 0.05) is 29.9 Å². The van der Waals surface area contributed by atoms with E-state index in [1.165, 1.54) is 4.90 Å². The van der Waals surface area contributed by atoms with Gasteiger partial charge in [0.1, 0.15) is 6.61 Å². The van der Waals surface area contributed by atoms with Gasteiger partial charge in [0.15, 0.2) is 0 Å². The molecule has 1 heterocycles. The third-order valence-electron chi connectivity index (χ3n) is 6.51. The molecule has 0 aromatic heterocycles. The molecule has 5 nitrogen and oxygen atoms in total. The number of fused-ring (bicyclic) bond motifs is 3. The van der Waals surface area contributed by atoms with E-state index in [2.05, 4.69) is 24.3 Å². The van der Waals surface area contributed by atoms with Crippen LogP contribution in [0, 0.1) is 5.92 Å². The quantitative estimate of drug-likeness (QED) is 0.582. The van der Waals surface area contributed by atoms with Gasteiger partial charge < -0.3 is 14.7 Å². The number of benzene rings is 3. The smallest absolute Gasteiger partial charge is 0.409 e. The Hall–Kier alpha value is -3.31. The highest BCUT2D eigenvalue weighted by molar-refractivity contribution is 6.30. The predicted octanol–water partition coefficient (Wildman–Crippen LogP) is 5.39. The van der Waals surface area contributed by atoms with Crippen LogP contribution < -0.4 is 0 Å². The molecule has 2 aliphatic rings. The van der Waals surface area contributed by atoms with E-state index in [4.69, 9.17) is 16.3 Å². The second-order valence-electron chi connectivity index (χ2n) is 8.32. The van der Waals surface area contributed by atoms with Crippen molar-refractivity contribution in [2.75, 3.05) is 19.7 Å². The van der Waals surface area contributed by atoms with Crippen LogP contribution in [0.5, 0.6) is 0 Å². The van der Waals surface area contributed by atoms with Crippen molar-refractivity contribution in [3.05, 3.63) is 94.5 Å². The lowest BCUT2D eigenvalue weighted by Crippen LogP contribution is -2.31. The monoisotopic (exact) mass is 447 g/mol. The average Bonchev–Trinajstić information content (AvgIpc) is 3.38. The Morgan fingerprint density at radius 3 is 2.22 bits per heavy atom. The molecule has 1 saturated heterocycles. The molecule has 1 fully saturated rings. The Morgan fingerprint density at radius 1 is 0.938 bits per heavy atom. The summed E-state index contributed by atoms with van der Waals surface area (Å²) in [6.07, 6.45) is -0.484. The minimum Gasteiger partial charge on any atom is -0.481 e. The summed E-state index contributed by atoms with van der Waals surface area (Å²) in [4.78, 5) is 26.3. The fraction of sp³-hybridized carbons (Fsp3) is 0.231. The molecule has 0 bridgehead atoms. The lowest BCUT2D eigenvalue weighted by Gasteiger charge is -2.19. The summed E-state index contributed by atoms with van der Waals surface area (Å²) in [5, 5.41) is 10.3. The molecule has 32 heavy (non-hydrogen) atoms. The average molecular weight is 448 g/mol. The number of likely N-dealkylation sites (tertiary alicyclic amines) is 1. The minimum absolute atomic E-state index is 0.0343. The van der Waals surface area contributed by atoms with Crippen LogP contribution in [-0.2, 0) is 9.53 Å². The zero-order valence-electron chi connectivity index (χ0n) is 17.3. The number of carbonyl (C=O) groups is 2. The van der Waals surface area contributed by atoms with Crippen LogP contribution in [0.1, 0.15) is 28.5 Å². The number of hydrogen-bond donors (Lipinski definition) is 1. The summed E-state index contributed by atoms with van der Waals surface area (Å²) in [7, 11) is 0. The maximum atomic E-state index is 12.9. The molecule has 0 radical (unpaired) electrons. The molecule has 1 aliphatic carbocycles. The van der Waals surface area contributed by atoms with Crippen molar-refractivity contribution >= 4 is 23.7 Å². The van der Waals surface area contributed by atoms with Crippen molar-refractivity contribution in [1.29, 1.82) is 0 Å². The number of amides is 1. The maximum Gasteiger partial charge on any atom is 0.409 e. The standard InChI is InChI=1S/C26H22ClNO4/c27-17-7-5-6-16(12-17)22-13-28(14-23(22)25(29)30)26(31)32-15-24-20-10-3-1-8-18(20)19-9-2-4-11-21(19)24/h1-12,22-24H,13-15H2,(H,29,30). The van der Waals surface area contributed by atoms with Gasteiger partial charge in [-0.1, -0.05) is 72.3 Å². The number of halogens is 1. The van der Waals surface area contributed by atoms with Gasteiger partial charge in [0.05, 0.1) is 5.92 Å². The van der Waals surface area contributed by atoms with E-state index < -0.39 is 18.0 Å². The molecule has 3 aromatic carbocycles. The molecule has 2 atom stereocenters. The highest BCUT2D eigenvalue weighted by Gasteiger charge is 2.41. The number of nitrogens with zero attached hydrogens (tertiary/aromatic N) is 1. The summed E-state index contributed by atoms with van der Waals surface area (Å²) in [5.74, 6) is -1.99. The molecule has 1 amide bonds. The summed E-state index contributed by atoms with van der Waals surface area (Å²) >= 11 is 6.10. The minimum atomic E-state index is -0.927. The first-order valence-electron chi connectivity index (χ1n) is 10.6. The van der Waals surface area contributed by atoms with Crippen molar-refractivity contribution < 1.29 is 19.4 Å². The van der Waals surface area contributed by atoms with Crippen molar-refractivity contribution in [3.63, 3.8) is 0 Å². The topological polar surface area (TPSA) is 66.8 Å². The second-order valence-corrected chi connectivity index (χ2v) is 8.75. The lowest BCUT2D eigenvalue weighted by atomic mass is 9.89. The molecule has 0 spiro atoms. The van der Waals surface area contributed by atoms with E-state index in [0.717, 1.165) is 27.8 Å². The summed E-state index contributed by atoms with van der Waals surface area (Å²) in [6.45, 7) is 0.611. The Kier molecular flexibility index (Phi) is 5.35. The van der Waals surface area contributed by atoms with Crippen LogP contribution in [0.4, 0.5) is 4.79 Å². The lowest BCUT2D eigenvalue weighted by molar-refractivity contribution is -0.141. The van der Waals surface area contributed by atoms with Gasteiger partial charge in [-0.25, -0.2) is 4.79 Å². The number of ether oxygens (including phenoxy) is 1. The Morgan fingerprint density at radius 2 is 1.59 bits per heavy atom. The van der Waals surface area contributed by atoms with Crippen LogP contribution in [-0.4, -0.2) is 41.8 Å². The molecule has 162 valence electrons. The zero-order chi connectivity index (χ0) is 22.2. The summed E-state index contributed by atoms with van der Waals surface area (Å²) in [5.41, 5.74) is 5.43. The van der Waals surface area contributed by atoms with E-state index in [1.807, 2.05) is 30.3 Å². The van der Waals surface area contributed by atoms with E-state index in [9.17, 15) is 14.7 Å². The van der Waals surface area contributed by atoms with E-state index in [1.54, 1.807) is 18.2 Å². The fourth-order valence-electron chi connectivity index (χ4n) is 4.96. The number of carbonyl (C=O) groups excluding carboxylic acids is 1. The van der Waals surface area contributed by atoms with Gasteiger partial charge in [-0.15, -0.1) is 0 Å². The SMILES string of the molecule is O=C(O)C1CN(C(=O)OCC2c3ccccc3-c3ccccc32)CC1c1cccc(Cl)c1. The highest BCUT2D eigenvalue weighted by Crippen LogP contribution is 2.44. The van der Waals surface area contributed by atoms with Crippen LogP contribution in [0.25, 0.3) is 11.1 Å². The first-order chi connectivity index (χ1) is 15.5. The van der Waals surface area contributed by atoms with Crippen molar-refractivity contribution in [1.82, 2.24) is 4.90 Å². The van der Waals surface area contributed by atoms with Crippen LogP contribution in [0.3, 0.4) is 0 Å². The van der Waals surface area contributed by atoms with Crippen molar-refractivity contribution in [2.24, 2.45) is 5.92 Å². The number of hydrogen-bond acceptors (Lipinski definition) is 3. The van der Waals surface area contributed by atoms with Crippen LogP contribution in [0.15, 0.2) is 72.8 Å². The van der Waals surface area contributed by atoms with Crippen molar-refractivity contribution in [3.8, 4) is 11.1 Å². The van der Waals surface area contributed by atoms with E-state index >= 15 is 0 Å². The molecule has 1 N–H and O–H groups in total. The number of carboxylic acid groups (broad SMARTS) is 1. The van der Waals surface area contributed by atoms with Gasteiger partial charge in [0.2, 0.25) is 0 Å². The molecule has 5 rings (SSSR count). The molecular formula is C26H22ClNO4. The summed E-state index contributed by atoms with van der Waals surface area (Å²) < 4.78 is 5.73. The molecular weight excluding hydrogens is 426 g/mol. The number of aliphatic carboxylic acids is 1. The molecule has 3 aromatic rings. The number of rotatable bonds is 4. The van der Waals surface area contributed by atoms with Gasteiger partial charge in [-0.2, -0.15) is 0 Å². The molecule has 2 unspecified atom stereocenters. The Labute approximate surface area is 191 Å². The summed E-state index contributed by atoms with van der Waals surface area (Å²) in [6, 6.07) is 23.5. The first kappa shape index (κ1) is 20.6. The Balaban J connectivity index is 1.32. The first-order valence-corrected chi connectivity index (χ1v) is 11.0. The zero-order valence-corrected chi connectivity index (χ0v) is 18.0. The Bertz CT molecular complexity index is 1150. The second kappa shape index (κ2) is 8.32. The van der Waals surface area contributed by atoms with Gasteiger partial charge in [0.25, 0.3) is 0 Å². The van der Waals surface area contributed by atoms with Gasteiger partial charge in [-0.3, -0.25) is 4.79 Å². The predicted molar refractivity (Wildman–Crippen MR) is 122 cm³/mol. The van der Waals surface area contributed by atoms with Crippen LogP contribution in [0.2, 0.25) is 5.02 Å². The van der Waals surface area contributed by atoms with Gasteiger partial charge >= 0.3 is 12.1 Å². The third kappa shape index (κ3) is 3.63. The maximum absolute atomic E-state index is 12.9.